The van der Waals surface area contributed by atoms with Crippen LogP contribution in [0.2, 0.25) is 5.04 Å². The van der Waals surface area contributed by atoms with Gasteiger partial charge in [0.1, 0.15) is 5.04 Å². The van der Waals surface area contributed by atoms with Crippen LogP contribution < -0.4 is 0 Å². The second kappa shape index (κ2) is 6.52. The third-order valence-electron chi connectivity index (χ3n) is 2.85. The molecule has 0 aliphatic rings. The van der Waals surface area contributed by atoms with E-state index in [9.17, 15) is 9.90 Å². The molecule has 102 valence electrons. The largest absolute Gasteiger partial charge is 0.481 e. The summed E-state index contributed by atoms with van der Waals surface area (Å²) in [7, 11) is 0.886. The molecular weight excluding hydrogens is 236 g/mol. The summed E-state index contributed by atoms with van der Waals surface area (Å²) < 4.78 is 10.7. The highest BCUT2D eigenvalue weighted by molar-refractivity contribution is 6.54. The zero-order valence-electron chi connectivity index (χ0n) is 11.9. The molecule has 0 aromatic heterocycles. The van der Waals surface area contributed by atoms with E-state index >= 15 is 0 Å². The van der Waals surface area contributed by atoms with Crippen molar-refractivity contribution in [1.29, 1.82) is 0 Å². The minimum absolute atomic E-state index is 0.0597. The molecule has 1 unspecified atom stereocenters. The first-order valence-corrected chi connectivity index (χ1v) is 7.54. The molecule has 1 atom stereocenters. The monoisotopic (exact) mass is 262 g/mol. The van der Waals surface area contributed by atoms with Gasteiger partial charge in [-0.15, -0.1) is 0 Å². The van der Waals surface area contributed by atoms with Crippen molar-refractivity contribution in [2.45, 2.75) is 52.0 Å². The van der Waals surface area contributed by atoms with E-state index in [0.29, 0.717) is 12.8 Å². The second-order valence-electron chi connectivity index (χ2n) is 5.75. The van der Waals surface area contributed by atoms with Crippen LogP contribution in [-0.2, 0) is 13.6 Å². The fourth-order valence-electron chi connectivity index (χ4n) is 2.51. The topological polar surface area (TPSA) is 55.8 Å². The minimum Gasteiger partial charge on any atom is -0.481 e. The van der Waals surface area contributed by atoms with Crippen LogP contribution in [0.1, 0.15) is 47.0 Å². The van der Waals surface area contributed by atoms with Crippen LogP contribution in [-0.4, -0.2) is 34.6 Å². The van der Waals surface area contributed by atoms with Crippen molar-refractivity contribution < 1.29 is 18.8 Å². The summed E-state index contributed by atoms with van der Waals surface area (Å²) >= 11 is 0. The molecule has 0 rings (SSSR count). The van der Waals surface area contributed by atoms with E-state index in [4.69, 9.17) is 8.85 Å². The van der Waals surface area contributed by atoms with Gasteiger partial charge < -0.3 is 14.0 Å². The third kappa shape index (κ3) is 4.41. The molecule has 0 amide bonds. The van der Waals surface area contributed by atoms with Crippen LogP contribution in [0.15, 0.2) is 0 Å². The van der Waals surface area contributed by atoms with Gasteiger partial charge >= 0.3 is 15.3 Å². The maximum absolute atomic E-state index is 11.7. The maximum Gasteiger partial charge on any atom is 0.338 e. The van der Waals surface area contributed by atoms with Gasteiger partial charge in [0.05, 0.1) is 0 Å². The van der Waals surface area contributed by atoms with E-state index in [1.165, 1.54) is 0 Å². The van der Waals surface area contributed by atoms with E-state index < -0.39 is 20.3 Å². The second-order valence-corrected chi connectivity index (χ2v) is 8.46. The van der Waals surface area contributed by atoms with Crippen molar-refractivity contribution in [3.63, 3.8) is 0 Å². The molecule has 0 aliphatic heterocycles. The zero-order chi connectivity index (χ0) is 13.7. The Kier molecular flexibility index (Phi) is 6.36. The van der Waals surface area contributed by atoms with Crippen LogP contribution in [0.3, 0.4) is 0 Å². The fourth-order valence-corrected chi connectivity index (χ4v) is 5.11. The standard InChI is InChI=1S/C12H26O4Si/c1-7-8-12(10(13)14,9-11(2,3)4)17(15-5)16-6/h17H,7-9H2,1-6H3,(H,13,14). The van der Waals surface area contributed by atoms with Crippen LogP contribution in [0.4, 0.5) is 0 Å². The van der Waals surface area contributed by atoms with Gasteiger partial charge in [0, 0.05) is 14.2 Å². The first-order valence-electron chi connectivity index (χ1n) is 6.02. The number of carboxylic acid groups (broad SMARTS) is 1. The Morgan fingerprint density at radius 2 is 1.71 bits per heavy atom. The Labute approximate surface area is 106 Å². The van der Waals surface area contributed by atoms with E-state index in [1.54, 1.807) is 14.2 Å². The van der Waals surface area contributed by atoms with Crippen LogP contribution in [0.25, 0.3) is 0 Å². The van der Waals surface area contributed by atoms with Gasteiger partial charge in [-0.25, -0.2) is 0 Å². The van der Waals surface area contributed by atoms with Crippen molar-refractivity contribution >= 4 is 15.3 Å². The molecule has 0 bridgehead atoms. The minimum atomic E-state index is -2.22. The van der Waals surface area contributed by atoms with Crippen molar-refractivity contribution in [1.82, 2.24) is 0 Å². The summed E-state index contributed by atoms with van der Waals surface area (Å²) in [4.78, 5) is 11.7. The van der Waals surface area contributed by atoms with Crippen molar-refractivity contribution in [2.75, 3.05) is 14.2 Å². The quantitative estimate of drug-likeness (QED) is 0.716. The Balaban J connectivity index is 5.33. The average Bonchev–Trinajstić information content (AvgIpc) is 2.16. The lowest BCUT2D eigenvalue weighted by Crippen LogP contribution is -2.45. The van der Waals surface area contributed by atoms with Gasteiger partial charge in [0.2, 0.25) is 0 Å². The predicted molar refractivity (Wildman–Crippen MR) is 70.5 cm³/mol. The molecule has 5 heteroatoms. The lowest BCUT2D eigenvalue weighted by atomic mass is 9.82. The molecule has 0 fully saturated rings. The Morgan fingerprint density at radius 1 is 1.24 bits per heavy atom. The molecule has 17 heavy (non-hydrogen) atoms. The predicted octanol–water partition coefficient (Wildman–Crippen LogP) is 2.56. The van der Waals surface area contributed by atoms with Crippen LogP contribution in [0, 0.1) is 5.41 Å². The van der Waals surface area contributed by atoms with E-state index in [2.05, 4.69) is 20.8 Å². The number of carbonyl (C=O) groups is 1. The van der Waals surface area contributed by atoms with E-state index in [-0.39, 0.29) is 5.41 Å². The molecule has 1 N–H and O–H groups in total. The van der Waals surface area contributed by atoms with Gasteiger partial charge in [-0.05, 0) is 18.3 Å². The highest BCUT2D eigenvalue weighted by Gasteiger charge is 2.50. The van der Waals surface area contributed by atoms with Gasteiger partial charge in [-0.2, -0.15) is 0 Å². The highest BCUT2D eigenvalue weighted by Crippen LogP contribution is 2.46. The number of hydrogen-bond donors (Lipinski definition) is 1. The first kappa shape index (κ1) is 16.6. The molecule has 0 spiro atoms. The number of rotatable bonds is 7. The van der Waals surface area contributed by atoms with Crippen molar-refractivity contribution in [2.24, 2.45) is 5.41 Å². The normalized spacial score (nSPS) is 15.9. The molecule has 0 aliphatic carbocycles. The lowest BCUT2D eigenvalue weighted by molar-refractivity contribution is -0.143. The summed E-state index contributed by atoms with van der Waals surface area (Å²) in [6.07, 6.45) is 2.01. The van der Waals surface area contributed by atoms with Gasteiger partial charge in [-0.3, -0.25) is 4.79 Å². The van der Waals surface area contributed by atoms with Crippen molar-refractivity contribution in [3.8, 4) is 0 Å². The Hall–Kier alpha value is -0.393. The fraction of sp³-hybridized carbons (Fsp3) is 0.917. The van der Waals surface area contributed by atoms with Crippen molar-refractivity contribution in [3.05, 3.63) is 0 Å². The number of hydrogen-bond acceptors (Lipinski definition) is 3. The lowest BCUT2D eigenvalue weighted by Gasteiger charge is -2.38. The van der Waals surface area contributed by atoms with E-state index in [1.807, 2.05) is 6.92 Å². The molecule has 0 aromatic rings. The smallest absolute Gasteiger partial charge is 0.338 e. The van der Waals surface area contributed by atoms with E-state index in [0.717, 1.165) is 6.42 Å². The third-order valence-corrected chi connectivity index (χ3v) is 5.35. The van der Waals surface area contributed by atoms with Gasteiger partial charge in [-0.1, -0.05) is 34.1 Å². The van der Waals surface area contributed by atoms with Gasteiger partial charge in [0.25, 0.3) is 0 Å². The first-order chi connectivity index (χ1) is 7.73. The summed E-state index contributed by atoms with van der Waals surface area (Å²) in [5, 5.41) is 8.79. The molecule has 0 saturated heterocycles. The molecule has 0 radical (unpaired) electrons. The molecule has 4 nitrogen and oxygen atoms in total. The zero-order valence-corrected chi connectivity index (χ0v) is 13.0. The van der Waals surface area contributed by atoms with Crippen LogP contribution in [0.5, 0.6) is 0 Å². The Morgan fingerprint density at radius 3 is 1.94 bits per heavy atom. The summed E-state index contributed by atoms with van der Waals surface area (Å²) in [6, 6.07) is 0. The summed E-state index contributed by atoms with van der Waals surface area (Å²) in [5.41, 5.74) is -0.0597. The summed E-state index contributed by atoms with van der Waals surface area (Å²) in [5.74, 6) is -0.783. The molecule has 0 heterocycles. The highest BCUT2D eigenvalue weighted by atomic mass is 28.3. The molecule has 0 aromatic carbocycles. The average molecular weight is 262 g/mol. The molecular formula is C12H26O4Si. The molecule has 0 saturated carbocycles. The Bertz CT molecular complexity index is 245. The number of carboxylic acids is 1. The number of aliphatic carboxylic acids is 1. The maximum atomic E-state index is 11.7. The van der Waals surface area contributed by atoms with Crippen LogP contribution >= 0.6 is 0 Å². The SMILES string of the molecule is CCCC(CC(C)(C)C)(C(=O)O)[SiH](OC)OC. The van der Waals surface area contributed by atoms with Gasteiger partial charge in [0.15, 0.2) is 0 Å². The summed E-state index contributed by atoms with van der Waals surface area (Å²) in [6.45, 7) is 8.16.